The SMILES string of the molecule is NC1COCC1C(=O)N1CC=C(C(F)(F)F)CC1. The molecule has 18 heavy (non-hydrogen) atoms. The fourth-order valence-corrected chi connectivity index (χ4v) is 2.19. The Labute approximate surface area is 103 Å². The van der Waals surface area contributed by atoms with Crippen LogP contribution in [-0.4, -0.2) is 49.3 Å². The molecular formula is C11H15F3N2O2. The highest BCUT2D eigenvalue weighted by molar-refractivity contribution is 5.80. The molecule has 2 rings (SSSR count). The second kappa shape index (κ2) is 4.89. The summed E-state index contributed by atoms with van der Waals surface area (Å²) in [5.41, 5.74) is 5.16. The normalized spacial score (nSPS) is 29.3. The molecule has 2 heterocycles. The summed E-state index contributed by atoms with van der Waals surface area (Å²) >= 11 is 0. The summed E-state index contributed by atoms with van der Waals surface area (Å²) in [5.74, 6) is -0.636. The standard InChI is InChI=1S/C11H15F3N2O2/c12-11(13,14)7-1-3-16(4-2-7)10(17)8-5-18-6-9(8)15/h1,8-9H,2-6,15H2. The Balaban J connectivity index is 1.97. The van der Waals surface area contributed by atoms with E-state index in [1.165, 1.54) is 4.90 Å². The van der Waals surface area contributed by atoms with Gasteiger partial charge in [0.05, 0.1) is 19.1 Å². The van der Waals surface area contributed by atoms with Gasteiger partial charge in [-0.3, -0.25) is 4.79 Å². The summed E-state index contributed by atoms with van der Waals surface area (Å²) < 4.78 is 42.4. The van der Waals surface area contributed by atoms with Gasteiger partial charge in [0.1, 0.15) is 0 Å². The minimum atomic E-state index is -4.29. The van der Waals surface area contributed by atoms with E-state index in [0.717, 1.165) is 6.08 Å². The number of nitrogens with two attached hydrogens (primary N) is 1. The number of alkyl halides is 3. The average Bonchev–Trinajstić information content (AvgIpc) is 2.73. The van der Waals surface area contributed by atoms with Crippen molar-refractivity contribution < 1.29 is 22.7 Å². The smallest absolute Gasteiger partial charge is 0.379 e. The van der Waals surface area contributed by atoms with Gasteiger partial charge >= 0.3 is 6.18 Å². The Morgan fingerprint density at radius 3 is 2.61 bits per heavy atom. The zero-order valence-corrected chi connectivity index (χ0v) is 9.74. The first-order chi connectivity index (χ1) is 8.39. The first-order valence-corrected chi connectivity index (χ1v) is 5.78. The zero-order valence-electron chi connectivity index (χ0n) is 9.74. The summed E-state index contributed by atoms with van der Waals surface area (Å²) in [5, 5.41) is 0. The molecule has 2 aliphatic heterocycles. The Hall–Kier alpha value is -1.08. The fraction of sp³-hybridized carbons (Fsp3) is 0.727. The van der Waals surface area contributed by atoms with Crippen LogP contribution in [0, 0.1) is 5.92 Å². The minimum Gasteiger partial charge on any atom is -0.379 e. The van der Waals surface area contributed by atoms with E-state index >= 15 is 0 Å². The number of amides is 1. The van der Waals surface area contributed by atoms with Crippen LogP contribution in [0.2, 0.25) is 0 Å². The third-order valence-electron chi connectivity index (χ3n) is 3.33. The van der Waals surface area contributed by atoms with E-state index in [1.54, 1.807) is 0 Å². The third kappa shape index (κ3) is 2.67. The molecule has 1 saturated heterocycles. The first-order valence-electron chi connectivity index (χ1n) is 5.78. The van der Waals surface area contributed by atoms with Crippen molar-refractivity contribution in [2.75, 3.05) is 26.3 Å². The van der Waals surface area contributed by atoms with Crippen molar-refractivity contribution in [3.8, 4) is 0 Å². The van der Waals surface area contributed by atoms with E-state index in [4.69, 9.17) is 10.5 Å². The second-order valence-corrected chi connectivity index (χ2v) is 4.57. The molecule has 2 aliphatic rings. The average molecular weight is 264 g/mol. The van der Waals surface area contributed by atoms with Crippen LogP contribution in [0.4, 0.5) is 13.2 Å². The monoisotopic (exact) mass is 264 g/mol. The fourth-order valence-electron chi connectivity index (χ4n) is 2.19. The predicted octanol–water partition coefficient (Wildman–Crippen LogP) is 0.681. The van der Waals surface area contributed by atoms with Crippen molar-refractivity contribution in [1.29, 1.82) is 0 Å². The van der Waals surface area contributed by atoms with Gasteiger partial charge in [-0.05, 0) is 6.42 Å². The van der Waals surface area contributed by atoms with Crippen molar-refractivity contribution in [2.45, 2.75) is 18.6 Å². The molecular weight excluding hydrogens is 249 g/mol. The third-order valence-corrected chi connectivity index (χ3v) is 3.33. The van der Waals surface area contributed by atoms with E-state index in [-0.39, 0.29) is 38.1 Å². The lowest BCUT2D eigenvalue weighted by molar-refractivity contribution is -0.136. The van der Waals surface area contributed by atoms with Gasteiger partial charge < -0.3 is 15.4 Å². The van der Waals surface area contributed by atoms with Gasteiger partial charge in [-0.25, -0.2) is 0 Å². The van der Waals surface area contributed by atoms with Gasteiger partial charge in [-0.2, -0.15) is 13.2 Å². The molecule has 2 unspecified atom stereocenters. The Morgan fingerprint density at radius 1 is 1.44 bits per heavy atom. The predicted molar refractivity (Wildman–Crippen MR) is 57.6 cm³/mol. The van der Waals surface area contributed by atoms with Gasteiger partial charge in [0.15, 0.2) is 0 Å². The number of carbonyl (C=O) groups excluding carboxylic acids is 1. The second-order valence-electron chi connectivity index (χ2n) is 4.57. The molecule has 7 heteroatoms. The highest BCUT2D eigenvalue weighted by Crippen LogP contribution is 2.30. The number of nitrogens with zero attached hydrogens (tertiary/aromatic N) is 1. The van der Waals surface area contributed by atoms with Gasteiger partial charge in [0.2, 0.25) is 5.91 Å². The highest BCUT2D eigenvalue weighted by atomic mass is 19.4. The van der Waals surface area contributed by atoms with Crippen molar-refractivity contribution in [3.63, 3.8) is 0 Å². The van der Waals surface area contributed by atoms with Crippen LogP contribution in [0.1, 0.15) is 6.42 Å². The van der Waals surface area contributed by atoms with Crippen LogP contribution in [0.15, 0.2) is 11.6 Å². The maximum atomic E-state index is 12.4. The molecule has 0 aromatic rings. The number of carbonyl (C=O) groups is 1. The molecule has 0 spiro atoms. The van der Waals surface area contributed by atoms with Crippen LogP contribution in [0.3, 0.4) is 0 Å². The number of rotatable bonds is 1. The lowest BCUT2D eigenvalue weighted by Gasteiger charge is -2.29. The molecule has 2 N–H and O–H groups in total. The summed E-state index contributed by atoms with van der Waals surface area (Å²) in [7, 11) is 0. The minimum absolute atomic E-state index is 0.00308. The molecule has 1 amide bonds. The number of hydrogen-bond acceptors (Lipinski definition) is 3. The van der Waals surface area contributed by atoms with E-state index in [2.05, 4.69) is 0 Å². The molecule has 0 aliphatic carbocycles. The molecule has 2 atom stereocenters. The van der Waals surface area contributed by atoms with Gasteiger partial charge in [-0.1, -0.05) is 6.08 Å². The lowest BCUT2D eigenvalue weighted by atomic mass is 10.0. The van der Waals surface area contributed by atoms with E-state index in [0.29, 0.717) is 6.61 Å². The Morgan fingerprint density at radius 2 is 2.17 bits per heavy atom. The van der Waals surface area contributed by atoms with E-state index in [1.807, 2.05) is 0 Å². The van der Waals surface area contributed by atoms with Crippen molar-refractivity contribution in [1.82, 2.24) is 4.90 Å². The molecule has 0 aromatic carbocycles. The number of ether oxygens (including phenoxy) is 1. The molecule has 0 aromatic heterocycles. The summed E-state index contributed by atoms with van der Waals surface area (Å²) in [6.07, 6.45) is -3.37. The topological polar surface area (TPSA) is 55.6 Å². The zero-order chi connectivity index (χ0) is 13.3. The lowest BCUT2D eigenvalue weighted by Crippen LogP contribution is -2.45. The van der Waals surface area contributed by atoms with Crippen molar-refractivity contribution in [2.24, 2.45) is 11.7 Å². The summed E-state index contributed by atoms with van der Waals surface area (Å²) in [4.78, 5) is 13.4. The maximum absolute atomic E-state index is 12.4. The quantitative estimate of drug-likeness (QED) is 0.709. The van der Waals surface area contributed by atoms with Crippen LogP contribution in [0.5, 0.6) is 0 Å². The molecule has 0 radical (unpaired) electrons. The van der Waals surface area contributed by atoms with E-state index in [9.17, 15) is 18.0 Å². The van der Waals surface area contributed by atoms with Gasteiger partial charge in [0, 0.05) is 24.7 Å². The summed E-state index contributed by atoms with van der Waals surface area (Å²) in [6.45, 7) is 0.671. The summed E-state index contributed by atoms with van der Waals surface area (Å²) in [6, 6.07) is -0.356. The number of halogens is 3. The van der Waals surface area contributed by atoms with E-state index < -0.39 is 17.7 Å². The van der Waals surface area contributed by atoms with Crippen LogP contribution >= 0.6 is 0 Å². The largest absolute Gasteiger partial charge is 0.412 e. The van der Waals surface area contributed by atoms with Crippen LogP contribution < -0.4 is 5.73 Å². The van der Waals surface area contributed by atoms with Crippen LogP contribution in [-0.2, 0) is 9.53 Å². The molecule has 0 bridgehead atoms. The number of hydrogen-bond donors (Lipinski definition) is 1. The maximum Gasteiger partial charge on any atom is 0.412 e. The van der Waals surface area contributed by atoms with Gasteiger partial charge in [0.25, 0.3) is 0 Å². The molecule has 0 saturated carbocycles. The molecule has 4 nitrogen and oxygen atoms in total. The molecule has 102 valence electrons. The Kier molecular flexibility index (Phi) is 3.63. The molecule has 1 fully saturated rings. The van der Waals surface area contributed by atoms with Crippen molar-refractivity contribution >= 4 is 5.91 Å². The Bertz CT molecular complexity index is 368. The highest BCUT2D eigenvalue weighted by Gasteiger charge is 2.38. The first kappa shape index (κ1) is 13.4. The van der Waals surface area contributed by atoms with Gasteiger partial charge in [-0.15, -0.1) is 0 Å². The van der Waals surface area contributed by atoms with Crippen molar-refractivity contribution in [3.05, 3.63) is 11.6 Å². The van der Waals surface area contributed by atoms with Crippen LogP contribution in [0.25, 0.3) is 0 Å².